The summed E-state index contributed by atoms with van der Waals surface area (Å²) in [6.07, 6.45) is 11.1. The van der Waals surface area contributed by atoms with Crippen LogP contribution < -0.4 is 0 Å². The van der Waals surface area contributed by atoms with Crippen molar-refractivity contribution < 1.29 is 0 Å². The third kappa shape index (κ3) is 9.12. The first-order valence-corrected chi connectivity index (χ1v) is 8.67. The van der Waals surface area contributed by atoms with Crippen LogP contribution in [0.25, 0.3) is 17.1 Å². The Bertz CT molecular complexity index is 581. The van der Waals surface area contributed by atoms with Crippen LogP contribution in [0.2, 0.25) is 0 Å². The number of para-hydroxylation sites is 1. The van der Waals surface area contributed by atoms with Crippen LogP contribution in [-0.2, 0) is 0 Å². The molecular weight excluding hydrogens is 280 g/mol. The molecule has 0 atom stereocenters. The fraction of sp³-hybridized carbons (Fsp3) is 0.524. The quantitative estimate of drug-likeness (QED) is 0.644. The average Bonchev–Trinajstić information content (AvgIpc) is 3.30. The van der Waals surface area contributed by atoms with Crippen LogP contribution in [0.5, 0.6) is 0 Å². The van der Waals surface area contributed by atoms with Gasteiger partial charge >= 0.3 is 0 Å². The summed E-state index contributed by atoms with van der Waals surface area (Å²) in [5.41, 5.74) is 3.35. The highest BCUT2D eigenvalue weighted by molar-refractivity contribution is 5.83. The number of aromatic nitrogens is 2. The summed E-state index contributed by atoms with van der Waals surface area (Å²) < 4.78 is 0. The number of benzene rings is 1. The van der Waals surface area contributed by atoms with Crippen molar-refractivity contribution in [2.75, 3.05) is 0 Å². The summed E-state index contributed by atoms with van der Waals surface area (Å²) in [5, 5.41) is 0. The molecule has 23 heavy (non-hydrogen) atoms. The van der Waals surface area contributed by atoms with Crippen molar-refractivity contribution in [2.45, 2.75) is 60.3 Å². The molecule has 126 valence electrons. The first-order valence-electron chi connectivity index (χ1n) is 8.67. The maximum absolute atomic E-state index is 4.22. The van der Waals surface area contributed by atoms with E-state index in [9.17, 15) is 0 Å². The van der Waals surface area contributed by atoms with E-state index in [-0.39, 0.29) is 0 Å². The molecule has 0 aliphatic heterocycles. The first kappa shape index (κ1) is 19.3. The SMILES string of the molecule is C=Cc1cccc2nccnc12.CC(C)(C)C.CCCC1CC1. The van der Waals surface area contributed by atoms with Gasteiger partial charge in [0, 0.05) is 18.0 Å². The zero-order chi connectivity index (χ0) is 17.3. The minimum atomic E-state index is 0.500. The van der Waals surface area contributed by atoms with E-state index in [0.717, 1.165) is 22.5 Å². The van der Waals surface area contributed by atoms with E-state index in [2.05, 4.69) is 51.2 Å². The predicted molar refractivity (Wildman–Crippen MR) is 102 cm³/mol. The molecule has 1 aromatic carbocycles. The molecule has 0 N–H and O–H groups in total. The molecule has 1 heterocycles. The van der Waals surface area contributed by atoms with Gasteiger partial charge in [-0.2, -0.15) is 0 Å². The minimum absolute atomic E-state index is 0.500. The van der Waals surface area contributed by atoms with Crippen molar-refractivity contribution in [3.05, 3.63) is 42.7 Å². The second-order valence-corrected chi connectivity index (χ2v) is 7.71. The lowest BCUT2D eigenvalue weighted by molar-refractivity contribution is 0.469. The van der Waals surface area contributed by atoms with Gasteiger partial charge in [0.1, 0.15) is 0 Å². The zero-order valence-corrected chi connectivity index (χ0v) is 15.5. The predicted octanol–water partition coefficient (Wildman–Crippen LogP) is 6.52. The summed E-state index contributed by atoms with van der Waals surface area (Å²) in [6.45, 7) is 14.7. The lowest BCUT2D eigenvalue weighted by Gasteiger charge is -2.05. The van der Waals surface area contributed by atoms with Crippen molar-refractivity contribution in [2.24, 2.45) is 11.3 Å². The molecule has 1 aromatic heterocycles. The van der Waals surface area contributed by atoms with Gasteiger partial charge in [0.15, 0.2) is 0 Å². The highest BCUT2D eigenvalue weighted by Crippen LogP contribution is 2.32. The van der Waals surface area contributed by atoms with Gasteiger partial charge in [-0.1, -0.05) is 85.1 Å². The van der Waals surface area contributed by atoms with Crippen LogP contribution in [0.15, 0.2) is 37.2 Å². The van der Waals surface area contributed by atoms with E-state index < -0.39 is 0 Å². The number of hydrogen-bond acceptors (Lipinski definition) is 2. The van der Waals surface area contributed by atoms with E-state index in [1.54, 1.807) is 18.5 Å². The number of hydrogen-bond donors (Lipinski definition) is 0. The Hall–Kier alpha value is -1.70. The molecule has 0 spiro atoms. The fourth-order valence-corrected chi connectivity index (χ4v) is 1.99. The molecule has 1 saturated carbocycles. The van der Waals surface area contributed by atoms with Crippen molar-refractivity contribution in [1.29, 1.82) is 0 Å². The first-order chi connectivity index (χ1) is 10.8. The lowest BCUT2D eigenvalue weighted by atomic mass is 10.0. The normalized spacial score (nSPS) is 13.4. The Morgan fingerprint density at radius 3 is 2.22 bits per heavy atom. The highest BCUT2D eigenvalue weighted by Gasteiger charge is 2.18. The number of fused-ring (bicyclic) bond motifs is 1. The topological polar surface area (TPSA) is 25.8 Å². The van der Waals surface area contributed by atoms with Crippen molar-refractivity contribution in [1.82, 2.24) is 9.97 Å². The molecule has 2 nitrogen and oxygen atoms in total. The molecule has 0 saturated heterocycles. The molecule has 3 rings (SSSR count). The molecule has 0 radical (unpaired) electrons. The molecule has 2 heteroatoms. The zero-order valence-electron chi connectivity index (χ0n) is 15.5. The Kier molecular flexibility index (Phi) is 7.94. The Labute approximate surface area is 142 Å². The highest BCUT2D eigenvalue weighted by atomic mass is 14.8. The van der Waals surface area contributed by atoms with Crippen LogP contribution in [0.1, 0.15) is 65.9 Å². The summed E-state index contributed by atoms with van der Waals surface area (Å²) in [5.74, 6) is 1.15. The van der Waals surface area contributed by atoms with Gasteiger partial charge in [-0.3, -0.25) is 9.97 Å². The van der Waals surface area contributed by atoms with Crippen molar-refractivity contribution in [3.8, 4) is 0 Å². The number of nitrogens with zero attached hydrogens (tertiary/aromatic N) is 2. The summed E-state index contributed by atoms with van der Waals surface area (Å²) in [6, 6.07) is 5.87. The summed E-state index contributed by atoms with van der Waals surface area (Å²) >= 11 is 0. The monoisotopic (exact) mass is 312 g/mol. The Morgan fingerprint density at radius 1 is 1.13 bits per heavy atom. The van der Waals surface area contributed by atoms with Gasteiger partial charge in [-0.25, -0.2) is 0 Å². The molecule has 0 unspecified atom stereocenters. The van der Waals surface area contributed by atoms with Gasteiger partial charge < -0.3 is 0 Å². The molecule has 2 aromatic rings. The molecule has 1 fully saturated rings. The van der Waals surface area contributed by atoms with Crippen LogP contribution >= 0.6 is 0 Å². The van der Waals surface area contributed by atoms with E-state index in [1.807, 2.05) is 18.2 Å². The minimum Gasteiger partial charge on any atom is -0.253 e. The van der Waals surface area contributed by atoms with Gasteiger partial charge in [0.25, 0.3) is 0 Å². The van der Waals surface area contributed by atoms with E-state index in [1.165, 1.54) is 25.7 Å². The van der Waals surface area contributed by atoms with Crippen LogP contribution in [0.3, 0.4) is 0 Å². The maximum Gasteiger partial charge on any atom is 0.0958 e. The van der Waals surface area contributed by atoms with Gasteiger partial charge in [0.05, 0.1) is 11.0 Å². The van der Waals surface area contributed by atoms with Gasteiger partial charge in [-0.05, 0) is 17.4 Å². The molecule has 1 aliphatic rings. The van der Waals surface area contributed by atoms with E-state index in [0.29, 0.717) is 5.41 Å². The van der Waals surface area contributed by atoms with E-state index in [4.69, 9.17) is 0 Å². The van der Waals surface area contributed by atoms with Crippen molar-refractivity contribution >= 4 is 17.1 Å². The maximum atomic E-state index is 4.22. The smallest absolute Gasteiger partial charge is 0.0958 e. The Morgan fingerprint density at radius 2 is 1.74 bits per heavy atom. The largest absolute Gasteiger partial charge is 0.253 e. The third-order valence-electron chi connectivity index (χ3n) is 3.14. The lowest BCUT2D eigenvalue weighted by Crippen LogP contribution is -1.93. The van der Waals surface area contributed by atoms with E-state index >= 15 is 0 Å². The Balaban J connectivity index is 0.000000202. The average molecular weight is 313 g/mol. The van der Waals surface area contributed by atoms with Crippen molar-refractivity contribution in [3.63, 3.8) is 0 Å². The second-order valence-electron chi connectivity index (χ2n) is 7.71. The summed E-state index contributed by atoms with van der Waals surface area (Å²) in [7, 11) is 0. The van der Waals surface area contributed by atoms with Crippen LogP contribution in [0.4, 0.5) is 0 Å². The number of rotatable bonds is 3. The second kappa shape index (κ2) is 9.44. The van der Waals surface area contributed by atoms with Gasteiger partial charge in [-0.15, -0.1) is 0 Å². The fourth-order valence-electron chi connectivity index (χ4n) is 1.99. The third-order valence-corrected chi connectivity index (χ3v) is 3.14. The van der Waals surface area contributed by atoms with Crippen LogP contribution in [0, 0.1) is 11.3 Å². The molecular formula is C21H32N2. The summed E-state index contributed by atoms with van der Waals surface area (Å²) in [4.78, 5) is 8.40. The standard InChI is InChI=1S/C10H8N2.C6H12.C5H12/c1-2-8-4-3-5-9-10(8)12-7-6-11-9;1-2-3-6-4-5-6;1-5(2,3)4/h2-7H,1H2;6H,2-5H2,1H3;1-4H3. The molecule has 0 amide bonds. The van der Waals surface area contributed by atoms with Crippen LogP contribution in [-0.4, -0.2) is 9.97 Å². The molecule has 1 aliphatic carbocycles. The van der Waals surface area contributed by atoms with Gasteiger partial charge in [0.2, 0.25) is 0 Å². The molecule has 0 bridgehead atoms.